The highest BCUT2D eigenvalue weighted by Crippen LogP contribution is 2.37. The summed E-state index contributed by atoms with van der Waals surface area (Å²) in [5.41, 5.74) is 13.1. The minimum atomic E-state index is -0.490. The van der Waals surface area contributed by atoms with Crippen molar-refractivity contribution in [2.24, 2.45) is 0 Å². The van der Waals surface area contributed by atoms with Crippen LogP contribution >= 0.6 is 0 Å². The van der Waals surface area contributed by atoms with Crippen molar-refractivity contribution in [1.29, 1.82) is 0 Å². The zero-order valence-corrected chi connectivity index (χ0v) is 35.3. The van der Waals surface area contributed by atoms with Gasteiger partial charge in [-0.15, -0.1) is 0 Å². The van der Waals surface area contributed by atoms with Crippen LogP contribution in [-0.4, -0.2) is 11.9 Å². The minimum Gasteiger partial charge on any atom is -0.423 e. The third-order valence-electron chi connectivity index (χ3n) is 10.6. The summed E-state index contributed by atoms with van der Waals surface area (Å²) in [7, 11) is 0. The molecule has 8 aromatic carbocycles. The van der Waals surface area contributed by atoms with Gasteiger partial charge in [-0.2, -0.15) is 0 Å². The first kappa shape index (κ1) is 42.2. The predicted octanol–water partition coefficient (Wildman–Crippen LogP) is 14.2. The number of esters is 2. The number of para-hydroxylation sites is 2. The van der Waals surface area contributed by atoms with Crippen molar-refractivity contribution in [3.05, 3.63) is 265 Å². The molecule has 0 heterocycles. The first-order chi connectivity index (χ1) is 31.4. The van der Waals surface area contributed by atoms with Gasteiger partial charge in [-0.25, -0.2) is 9.59 Å². The monoisotopic (exact) mass is 834 g/mol. The molecule has 64 heavy (non-hydrogen) atoms. The Kier molecular flexibility index (Phi) is 13.4. The van der Waals surface area contributed by atoms with E-state index in [2.05, 4.69) is 156 Å². The van der Waals surface area contributed by atoms with E-state index in [1.807, 2.05) is 60.7 Å². The molecule has 0 bridgehead atoms. The van der Waals surface area contributed by atoms with E-state index < -0.39 is 11.9 Å². The largest absolute Gasteiger partial charge is 0.423 e. The molecule has 8 rings (SSSR count). The second kappa shape index (κ2) is 20.4. The van der Waals surface area contributed by atoms with E-state index in [0.29, 0.717) is 11.5 Å². The molecule has 0 aliphatic heterocycles. The van der Waals surface area contributed by atoms with Crippen molar-refractivity contribution in [3.63, 3.8) is 0 Å². The summed E-state index contributed by atoms with van der Waals surface area (Å²) in [6, 6.07) is 70.0. The van der Waals surface area contributed by atoms with Crippen molar-refractivity contribution < 1.29 is 19.1 Å². The Morgan fingerprint density at radius 3 is 1.05 bits per heavy atom. The molecule has 0 unspecified atom stereocenters. The molecular formula is C58H46N2O4. The van der Waals surface area contributed by atoms with Crippen LogP contribution in [0.1, 0.15) is 33.4 Å². The number of rotatable bonds is 16. The van der Waals surface area contributed by atoms with Crippen molar-refractivity contribution in [1.82, 2.24) is 0 Å². The van der Waals surface area contributed by atoms with Gasteiger partial charge in [0.25, 0.3) is 0 Å². The quantitative estimate of drug-likeness (QED) is 0.0418. The van der Waals surface area contributed by atoms with Crippen molar-refractivity contribution in [2.45, 2.75) is 12.8 Å². The van der Waals surface area contributed by atoms with E-state index in [1.54, 1.807) is 24.3 Å². The molecule has 0 N–H and O–H groups in total. The van der Waals surface area contributed by atoms with Gasteiger partial charge in [0.15, 0.2) is 0 Å². The Bertz CT molecular complexity index is 2670. The molecule has 0 spiro atoms. The lowest BCUT2D eigenvalue weighted by Gasteiger charge is -2.25. The maximum absolute atomic E-state index is 11.7. The number of benzene rings is 8. The smallest absolute Gasteiger partial charge is 0.335 e. The Labute approximate surface area is 374 Å². The van der Waals surface area contributed by atoms with Gasteiger partial charge in [-0.1, -0.05) is 135 Å². The molecular weight excluding hydrogens is 789 g/mol. The number of hydrogen-bond donors (Lipinski definition) is 0. The molecule has 0 aliphatic carbocycles. The molecule has 6 nitrogen and oxygen atoms in total. The summed E-state index contributed by atoms with van der Waals surface area (Å²) in [4.78, 5) is 27.8. The Balaban J connectivity index is 0.923. The van der Waals surface area contributed by atoms with Crippen LogP contribution in [-0.2, 0) is 22.4 Å². The van der Waals surface area contributed by atoms with E-state index >= 15 is 0 Å². The van der Waals surface area contributed by atoms with Crippen molar-refractivity contribution >= 4 is 58.2 Å². The van der Waals surface area contributed by atoms with Crippen LogP contribution < -0.4 is 19.3 Å². The molecule has 0 saturated heterocycles. The first-order valence-electron chi connectivity index (χ1n) is 21.0. The van der Waals surface area contributed by atoms with Gasteiger partial charge in [-0.3, -0.25) is 0 Å². The number of hydrogen-bond acceptors (Lipinski definition) is 6. The maximum Gasteiger partial charge on any atom is 0.335 e. The molecule has 0 aromatic heterocycles. The maximum atomic E-state index is 11.7. The first-order valence-corrected chi connectivity index (χ1v) is 21.0. The van der Waals surface area contributed by atoms with Gasteiger partial charge in [0, 0.05) is 46.3 Å². The van der Waals surface area contributed by atoms with Crippen LogP contribution in [0.2, 0.25) is 0 Å². The fraction of sp³-hybridized carbons (Fsp3) is 0.0345. The highest BCUT2D eigenvalue weighted by atomic mass is 16.5. The van der Waals surface area contributed by atoms with E-state index in [0.717, 1.165) is 70.2 Å². The fourth-order valence-electron chi connectivity index (χ4n) is 7.49. The van der Waals surface area contributed by atoms with Crippen LogP contribution in [0, 0.1) is 0 Å². The molecule has 6 heteroatoms. The molecule has 0 atom stereocenters. The van der Waals surface area contributed by atoms with Crippen LogP contribution in [0.15, 0.2) is 232 Å². The van der Waals surface area contributed by atoms with Crippen LogP contribution in [0.25, 0.3) is 12.2 Å². The molecule has 0 amide bonds. The summed E-state index contributed by atoms with van der Waals surface area (Å²) >= 11 is 0. The second-order valence-corrected chi connectivity index (χ2v) is 15.1. The number of carbonyl (C=O) groups excluding carboxylic acids is 2. The third kappa shape index (κ3) is 10.9. The lowest BCUT2D eigenvalue weighted by atomic mass is 10.0. The highest BCUT2D eigenvalue weighted by Gasteiger charge is 2.15. The zero-order chi connectivity index (χ0) is 44.1. The summed E-state index contributed by atoms with van der Waals surface area (Å²) in [5, 5.41) is 0. The normalized spacial score (nSPS) is 10.8. The molecule has 312 valence electrons. The van der Waals surface area contributed by atoms with Crippen LogP contribution in [0.4, 0.5) is 34.1 Å². The highest BCUT2D eigenvalue weighted by molar-refractivity contribution is 5.84. The Hall–Kier alpha value is -8.48. The van der Waals surface area contributed by atoms with Crippen LogP contribution in [0.5, 0.6) is 11.5 Å². The summed E-state index contributed by atoms with van der Waals surface area (Å²) < 4.78 is 10.6. The second-order valence-electron chi connectivity index (χ2n) is 15.1. The topological polar surface area (TPSA) is 59.1 Å². The lowest BCUT2D eigenvalue weighted by Crippen LogP contribution is -2.10. The van der Waals surface area contributed by atoms with Gasteiger partial charge < -0.3 is 19.3 Å². The summed E-state index contributed by atoms with van der Waals surface area (Å²) in [6.07, 6.45) is 8.26. The van der Waals surface area contributed by atoms with E-state index in [1.165, 1.54) is 22.3 Å². The SMILES string of the molecule is C=CC(=O)Oc1ccc(N(c2ccccc2)c2ccc(Cc3cccc(/C=C\c4cccc(Cc5ccc(N(c6ccccc6)c6ccc(OC(=O)C=C)cc6)cc5)c4)c3)cc2)cc1. The molecule has 0 saturated carbocycles. The Morgan fingerprint density at radius 2 is 0.703 bits per heavy atom. The van der Waals surface area contributed by atoms with Gasteiger partial charge in [0.05, 0.1) is 0 Å². The van der Waals surface area contributed by atoms with E-state index in [-0.39, 0.29) is 0 Å². The number of carbonyl (C=O) groups is 2. The zero-order valence-electron chi connectivity index (χ0n) is 35.3. The standard InChI is InChI=1S/C58H46N2O4/c1-3-57(61)63-55-35-31-53(32-36-55)59(49-17-7-5-8-18-49)51-27-23-45(24-28-51)41-47-15-11-13-43(39-47)21-22-44-14-12-16-48(40-44)42-46-25-29-52(30-26-46)60(50-19-9-6-10-20-50)54-33-37-56(38-34-54)64-58(62)4-2/h3-40H,1-2,41-42H2/b22-21-. The van der Waals surface area contributed by atoms with Crippen LogP contribution in [0.3, 0.4) is 0 Å². The van der Waals surface area contributed by atoms with Gasteiger partial charge in [0.1, 0.15) is 11.5 Å². The van der Waals surface area contributed by atoms with Gasteiger partial charge in [0.2, 0.25) is 0 Å². The molecule has 8 aromatic rings. The number of anilines is 6. The van der Waals surface area contributed by atoms with Crippen molar-refractivity contribution in [3.8, 4) is 11.5 Å². The summed E-state index contributed by atoms with van der Waals surface area (Å²) in [5.74, 6) is -0.0513. The molecule has 0 aliphatic rings. The fourth-order valence-corrected chi connectivity index (χ4v) is 7.49. The average molecular weight is 835 g/mol. The van der Waals surface area contributed by atoms with Crippen molar-refractivity contribution in [2.75, 3.05) is 9.80 Å². The molecule has 0 radical (unpaired) electrons. The van der Waals surface area contributed by atoms with E-state index in [4.69, 9.17) is 9.47 Å². The lowest BCUT2D eigenvalue weighted by molar-refractivity contribution is -0.129. The Morgan fingerprint density at radius 1 is 0.375 bits per heavy atom. The predicted molar refractivity (Wildman–Crippen MR) is 261 cm³/mol. The van der Waals surface area contributed by atoms with Gasteiger partial charge in [-0.05, 0) is 143 Å². The number of ether oxygens (including phenoxy) is 2. The minimum absolute atomic E-state index is 0.464. The average Bonchev–Trinajstić information content (AvgIpc) is 3.34. The molecule has 0 fully saturated rings. The number of nitrogens with zero attached hydrogens (tertiary/aromatic N) is 2. The third-order valence-corrected chi connectivity index (χ3v) is 10.6. The van der Waals surface area contributed by atoms with Gasteiger partial charge >= 0.3 is 11.9 Å². The summed E-state index contributed by atoms with van der Waals surface area (Å²) in [6.45, 7) is 6.96. The van der Waals surface area contributed by atoms with E-state index in [9.17, 15) is 9.59 Å².